The number of methoxy groups -OCH3 is 1. The zero-order chi connectivity index (χ0) is 22.4. The van der Waals surface area contributed by atoms with Gasteiger partial charge >= 0.3 is 0 Å². The number of ether oxygens (including phenoxy) is 2. The van der Waals surface area contributed by atoms with Gasteiger partial charge in [0, 0.05) is 12.2 Å². The van der Waals surface area contributed by atoms with Gasteiger partial charge in [-0.05, 0) is 42.8 Å². The number of aryl methyl sites for hydroxylation is 1. The maximum absolute atomic E-state index is 12.5. The second kappa shape index (κ2) is 10.3. The van der Waals surface area contributed by atoms with Crippen LogP contribution in [0.4, 0.5) is 5.69 Å². The molecule has 3 rings (SSSR count). The molecule has 1 aliphatic rings. The van der Waals surface area contributed by atoms with Crippen molar-refractivity contribution < 1.29 is 19.1 Å². The molecule has 1 N–H and O–H groups in total. The van der Waals surface area contributed by atoms with Crippen LogP contribution in [0.25, 0.3) is 6.08 Å². The summed E-state index contributed by atoms with van der Waals surface area (Å²) in [6.07, 6.45) is 3.39. The summed E-state index contributed by atoms with van der Waals surface area (Å²) in [7, 11) is 1.52. The molecule has 0 unspecified atom stereocenters. The number of nitrogens with one attached hydrogen (secondary N) is 1. The van der Waals surface area contributed by atoms with Crippen molar-refractivity contribution in [1.29, 1.82) is 0 Å². The molecule has 1 heterocycles. The molecule has 6 nitrogen and oxygen atoms in total. The minimum absolute atomic E-state index is 0.151. The number of amides is 2. The van der Waals surface area contributed by atoms with E-state index in [9.17, 15) is 9.59 Å². The standard InChI is InChI=1S/C23H22N2O4S2/c1-4-11-25-22(27)20(31-23(25)30)13-16-7-10-18(19(12-16)28-3)29-14-21(26)24-17-8-5-15(2)6-9-17/h4-10,12-13H,1,11,14H2,2-3H3,(H,24,26)/b20-13-. The normalized spacial score (nSPS) is 14.6. The molecule has 1 aliphatic heterocycles. The predicted octanol–water partition coefficient (Wildman–Crippen LogP) is 4.41. The molecule has 0 aliphatic carbocycles. The first kappa shape index (κ1) is 22.6. The Morgan fingerprint density at radius 3 is 2.65 bits per heavy atom. The lowest BCUT2D eigenvalue weighted by atomic mass is 10.2. The van der Waals surface area contributed by atoms with E-state index in [1.54, 1.807) is 30.4 Å². The number of thioether (sulfide) groups is 1. The fourth-order valence-corrected chi connectivity index (χ4v) is 4.08. The predicted molar refractivity (Wildman–Crippen MR) is 128 cm³/mol. The molecular formula is C23H22N2O4S2. The Kier molecular flexibility index (Phi) is 7.49. The Balaban J connectivity index is 1.66. The number of hydrogen-bond donors (Lipinski definition) is 1. The van der Waals surface area contributed by atoms with Gasteiger partial charge in [-0.1, -0.05) is 53.8 Å². The Morgan fingerprint density at radius 2 is 1.97 bits per heavy atom. The highest BCUT2D eigenvalue weighted by atomic mass is 32.2. The van der Waals surface area contributed by atoms with Gasteiger partial charge < -0.3 is 14.8 Å². The monoisotopic (exact) mass is 454 g/mol. The summed E-state index contributed by atoms with van der Waals surface area (Å²) < 4.78 is 11.5. The van der Waals surface area contributed by atoms with E-state index >= 15 is 0 Å². The fourth-order valence-electron chi connectivity index (χ4n) is 2.81. The van der Waals surface area contributed by atoms with Crippen LogP contribution in [0, 0.1) is 6.92 Å². The molecule has 160 valence electrons. The molecule has 1 fully saturated rings. The van der Waals surface area contributed by atoms with Crippen molar-refractivity contribution in [1.82, 2.24) is 4.90 Å². The molecule has 2 aromatic rings. The third-order valence-electron chi connectivity index (χ3n) is 4.36. The molecule has 0 radical (unpaired) electrons. The topological polar surface area (TPSA) is 67.9 Å². The maximum atomic E-state index is 12.5. The average Bonchev–Trinajstić information content (AvgIpc) is 3.02. The van der Waals surface area contributed by atoms with Gasteiger partial charge in [-0.25, -0.2) is 0 Å². The molecule has 0 spiro atoms. The SMILES string of the molecule is C=CCN1C(=O)/C(=C/c2ccc(OCC(=O)Nc3ccc(C)cc3)c(OC)c2)SC1=S. The van der Waals surface area contributed by atoms with Gasteiger partial charge in [-0.3, -0.25) is 14.5 Å². The number of carbonyl (C=O) groups is 2. The minimum atomic E-state index is -0.277. The van der Waals surface area contributed by atoms with Gasteiger partial charge in [-0.15, -0.1) is 6.58 Å². The van der Waals surface area contributed by atoms with Crippen LogP contribution in [-0.2, 0) is 9.59 Å². The first-order valence-corrected chi connectivity index (χ1v) is 10.7. The highest BCUT2D eigenvalue weighted by molar-refractivity contribution is 8.26. The summed E-state index contributed by atoms with van der Waals surface area (Å²) in [4.78, 5) is 26.7. The van der Waals surface area contributed by atoms with Crippen LogP contribution in [0.3, 0.4) is 0 Å². The second-order valence-corrected chi connectivity index (χ2v) is 8.37. The van der Waals surface area contributed by atoms with Crippen molar-refractivity contribution in [2.24, 2.45) is 0 Å². The highest BCUT2D eigenvalue weighted by Gasteiger charge is 2.31. The van der Waals surface area contributed by atoms with E-state index in [1.165, 1.54) is 23.8 Å². The summed E-state index contributed by atoms with van der Waals surface area (Å²) in [5.74, 6) is 0.458. The molecule has 2 aromatic carbocycles. The first-order chi connectivity index (χ1) is 14.9. The van der Waals surface area contributed by atoms with Crippen LogP contribution >= 0.6 is 24.0 Å². The number of rotatable bonds is 8. The fraction of sp³-hybridized carbons (Fsp3) is 0.174. The van der Waals surface area contributed by atoms with E-state index in [-0.39, 0.29) is 18.4 Å². The Labute approximate surface area is 190 Å². The minimum Gasteiger partial charge on any atom is -0.493 e. The third kappa shape index (κ3) is 5.74. The highest BCUT2D eigenvalue weighted by Crippen LogP contribution is 2.34. The van der Waals surface area contributed by atoms with Crippen molar-refractivity contribution in [3.63, 3.8) is 0 Å². The van der Waals surface area contributed by atoms with Gasteiger partial charge in [0.25, 0.3) is 11.8 Å². The first-order valence-electron chi connectivity index (χ1n) is 9.45. The number of hydrogen-bond acceptors (Lipinski definition) is 6. The zero-order valence-corrected chi connectivity index (χ0v) is 18.8. The van der Waals surface area contributed by atoms with Crippen LogP contribution in [0.5, 0.6) is 11.5 Å². The molecule has 2 amide bonds. The van der Waals surface area contributed by atoms with Crippen molar-refractivity contribution >= 4 is 51.9 Å². The quantitative estimate of drug-likeness (QED) is 0.362. The van der Waals surface area contributed by atoms with Gasteiger partial charge in [0.2, 0.25) is 0 Å². The van der Waals surface area contributed by atoms with Gasteiger partial charge in [-0.2, -0.15) is 0 Å². The molecule has 0 saturated carbocycles. The van der Waals surface area contributed by atoms with E-state index in [0.29, 0.717) is 33.0 Å². The van der Waals surface area contributed by atoms with E-state index in [0.717, 1.165) is 11.1 Å². The number of carbonyl (C=O) groups excluding carboxylic acids is 2. The molecular weight excluding hydrogens is 432 g/mol. The number of anilines is 1. The summed E-state index contributed by atoms with van der Waals surface area (Å²) in [6.45, 7) is 5.84. The smallest absolute Gasteiger partial charge is 0.266 e. The van der Waals surface area contributed by atoms with Gasteiger partial charge in [0.15, 0.2) is 18.1 Å². The lowest BCUT2D eigenvalue weighted by molar-refractivity contribution is -0.121. The molecule has 0 atom stereocenters. The lowest BCUT2D eigenvalue weighted by Gasteiger charge is -2.12. The average molecular weight is 455 g/mol. The summed E-state index contributed by atoms with van der Waals surface area (Å²) in [6, 6.07) is 12.7. The molecule has 0 bridgehead atoms. The summed E-state index contributed by atoms with van der Waals surface area (Å²) >= 11 is 6.50. The molecule has 0 aromatic heterocycles. The molecule has 31 heavy (non-hydrogen) atoms. The van der Waals surface area contributed by atoms with Crippen LogP contribution in [-0.4, -0.2) is 41.3 Å². The zero-order valence-electron chi connectivity index (χ0n) is 17.2. The Morgan fingerprint density at radius 1 is 1.23 bits per heavy atom. The Hall–Kier alpha value is -3.10. The Bertz CT molecular complexity index is 1050. The van der Waals surface area contributed by atoms with Crippen molar-refractivity contribution in [3.05, 3.63) is 71.2 Å². The van der Waals surface area contributed by atoms with Crippen LogP contribution in [0.2, 0.25) is 0 Å². The van der Waals surface area contributed by atoms with Crippen LogP contribution in [0.15, 0.2) is 60.0 Å². The largest absolute Gasteiger partial charge is 0.493 e. The number of thiocarbonyl (C=S) groups is 1. The van der Waals surface area contributed by atoms with E-state index in [4.69, 9.17) is 21.7 Å². The van der Waals surface area contributed by atoms with E-state index in [2.05, 4.69) is 11.9 Å². The maximum Gasteiger partial charge on any atom is 0.266 e. The van der Waals surface area contributed by atoms with Crippen LogP contribution in [0.1, 0.15) is 11.1 Å². The van der Waals surface area contributed by atoms with Gasteiger partial charge in [0.1, 0.15) is 4.32 Å². The number of nitrogens with zero attached hydrogens (tertiary/aromatic N) is 1. The van der Waals surface area contributed by atoms with Gasteiger partial charge in [0.05, 0.1) is 12.0 Å². The van der Waals surface area contributed by atoms with Crippen molar-refractivity contribution in [3.8, 4) is 11.5 Å². The summed E-state index contributed by atoms with van der Waals surface area (Å²) in [5.41, 5.74) is 2.57. The van der Waals surface area contributed by atoms with Crippen LogP contribution < -0.4 is 14.8 Å². The third-order valence-corrected chi connectivity index (χ3v) is 5.74. The van der Waals surface area contributed by atoms with Crippen molar-refractivity contribution in [2.75, 3.05) is 25.6 Å². The van der Waals surface area contributed by atoms with E-state index < -0.39 is 0 Å². The van der Waals surface area contributed by atoms with Crippen molar-refractivity contribution in [2.45, 2.75) is 6.92 Å². The number of benzene rings is 2. The lowest BCUT2D eigenvalue weighted by Crippen LogP contribution is -2.27. The summed E-state index contributed by atoms with van der Waals surface area (Å²) in [5, 5.41) is 2.78. The van der Waals surface area contributed by atoms with E-state index in [1.807, 2.05) is 31.2 Å². The second-order valence-electron chi connectivity index (χ2n) is 6.69. The molecule has 8 heteroatoms. The molecule has 1 saturated heterocycles.